The fraction of sp³-hybridized carbons (Fsp3) is 0.267. The molecule has 2 aromatic heterocycles. The van der Waals surface area contributed by atoms with Crippen molar-refractivity contribution in [3.05, 3.63) is 47.4 Å². The molecule has 0 aromatic carbocycles. The number of aryl methyl sites for hydroxylation is 1. The monoisotopic (exact) mass is 373 g/mol. The van der Waals surface area contributed by atoms with Crippen molar-refractivity contribution in [2.75, 3.05) is 11.1 Å². The molecule has 0 unspecified atom stereocenters. The number of aromatic nitrogens is 2. The van der Waals surface area contributed by atoms with E-state index in [2.05, 4.69) is 15.3 Å². The third-order valence-corrected chi connectivity index (χ3v) is 5.00. The molecule has 0 atom stereocenters. The van der Waals surface area contributed by atoms with Gasteiger partial charge in [0.1, 0.15) is 11.5 Å². The minimum Gasteiger partial charge on any atom is -0.305 e. The van der Waals surface area contributed by atoms with E-state index in [1.807, 2.05) is 0 Å². The molecule has 25 heavy (non-hydrogen) atoms. The molecule has 2 heterocycles. The van der Waals surface area contributed by atoms with E-state index in [4.69, 9.17) is 0 Å². The normalized spacial score (nSPS) is 12.0. The van der Waals surface area contributed by atoms with Crippen molar-refractivity contribution in [2.45, 2.75) is 24.9 Å². The maximum absolute atomic E-state index is 12.8. The van der Waals surface area contributed by atoms with Gasteiger partial charge in [-0.05, 0) is 24.6 Å². The molecular weight excluding hydrogens is 359 g/mol. The number of halogens is 3. The van der Waals surface area contributed by atoms with Crippen LogP contribution < -0.4 is 5.32 Å². The van der Waals surface area contributed by atoms with E-state index >= 15 is 0 Å². The summed E-state index contributed by atoms with van der Waals surface area (Å²) in [6, 6.07) is 3.56. The number of alkyl halides is 3. The predicted octanol–water partition coefficient (Wildman–Crippen LogP) is 2.85. The molecule has 2 aromatic rings. The van der Waals surface area contributed by atoms with Crippen LogP contribution in [0.3, 0.4) is 0 Å². The van der Waals surface area contributed by atoms with Gasteiger partial charge in [-0.25, -0.2) is 18.4 Å². The first-order valence-corrected chi connectivity index (χ1v) is 8.74. The van der Waals surface area contributed by atoms with Gasteiger partial charge in [0.15, 0.2) is 9.84 Å². The van der Waals surface area contributed by atoms with Crippen LogP contribution in [-0.4, -0.2) is 30.0 Å². The molecule has 2 rings (SSSR count). The van der Waals surface area contributed by atoms with Crippen LogP contribution >= 0.6 is 0 Å². The Bertz CT molecular complexity index is 894. The molecule has 1 N–H and O–H groups in total. The van der Waals surface area contributed by atoms with Gasteiger partial charge < -0.3 is 5.32 Å². The van der Waals surface area contributed by atoms with Gasteiger partial charge in [0, 0.05) is 12.4 Å². The van der Waals surface area contributed by atoms with Crippen LogP contribution in [0, 0.1) is 6.92 Å². The Labute approximate surface area is 142 Å². The van der Waals surface area contributed by atoms with Crippen molar-refractivity contribution in [3.8, 4) is 0 Å². The highest BCUT2D eigenvalue weighted by atomic mass is 32.2. The SMILES string of the molecule is CCS(=O)(=O)c1cc(C(F)(F)F)cnc1C(=O)Nc1ccc(C)cn1. The van der Waals surface area contributed by atoms with E-state index in [-0.39, 0.29) is 5.82 Å². The zero-order valence-electron chi connectivity index (χ0n) is 13.3. The highest BCUT2D eigenvalue weighted by Gasteiger charge is 2.34. The van der Waals surface area contributed by atoms with Crippen LogP contribution in [0.25, 0.3) is 0 Å². The minimum atomic E-state index is -4.78. The van der Waals surface area contributed by atoms with Crippen molar-refractivity contribution in [1.29, 1.82) is 0 Å². The van der Waals surface area contributed by atoms with Crippen molar-refractivity contribution in [2.24, 2.45) is 0 Å². The largest absolute Gasteiger partial charge is 0.417 e. The Morgan fingerprint density at radius 1 is 1.20 bits per heavy atom. The average molecular weight is 373 g/mol. The van der Waals surface area contributed by atoms with Crippen LogP contribution in [-0.2, 0) is 16.0 Å². The van der Waals surface area contributed by atoms with Gasteiger partial charge >= 0.3 is 6.18 Å². The van der Waals surface area contributed by atoms with E-state index < -0.39 is 43.8 Å². The Morgan fingerprint density at radius 3 is 2.40 bits per heavy atom. The fourth-order valence-electron chi connectivity index (χ4n) is 1.88. The lowest BCUT2D eigenvalue weighted by atomic mass is 10.2. The number of carbonyl (C=O) groups excluding carboxylic acids is 1. The topological polar surface area (TPSA) is 89.0 Å². The van der Waals surface area contributed by atoms with Gasteiger partial charge in [-0.2, -0.15) is 13.2 Å². The minimum absolute atomic E-state index is 0.122. The molecule has 0 fully saturated rings. The molecule has 0 aliphatic rings. The maximum atomic E-state index is 12.8. The molecule has 0 aliphatic carbocycles. The lowest BCUT2D eigenvalue weighted by molar-refractivity contribution is -0.138. The van der Waals surface area contributed by atoms with E-state index in [1.54, 1.807) is 13.0 Å². The summed E-state index contributed by atoms with van der Waals surface area (Å²) in [5, 5.41) is 2.32. The van der Waals surface area contributed by atoms with E-state index in [1.165, 1.54) is 19.2 Å². The maximum Gasteiger partial charge on any atom is 0.417 e. The third-order valence-electron chi connectivity index (χ3n) is 3.26. The fourth-order valence-corrected chi connectivity index (χ4v) is 2.94. The number of carbonyl (C=O) groups is 1. The van der Waals surface area contributed by atoms with Crippen LogP contribution in [0.15, 0.2) is 35.5 Å². The molecule has 0 aliphatic heterocycles. The second kappa shape index (κ2) is 6.79. The van der Waals surface area contributed by atoms with Crippen LogP contribution in [0.5, 0.6) is 0 Å². The number of hydrogen-bond acceptors (Lipinski definition) is 5. The second-order valence-electron chi connectivity index (χ2n) is 5.15. The van der Waals surface area contributed by atoms with E-state index in [9.17, 15) is 26.4 Å². The van der Waals surface area contributed by atoms with Crippen molar-refractivity contribution < 1.29 is 26.4 Å². The van der Waals surface area contributed by atoms with Gasteiger partial charge in [0.2, 0.25) is 0 Å². The molecule has 0 saturated carbocycles. The van der Waals surface area contributed by atoms with Gasteiger partial charge in [-0.1, -0.05) is 13.0 Å². The lowest BCUT2D eigenvalue weighted by Gasteiger charge is -2.12. The molecule has 134 valence electrons. The van der Waals surface area contributed by atoms with Gasteiger partial charge in [0.25, 0.3) is 5.91 Å². The summed E-state index contributed by atoms with van der Waals surface area (Å²) in [5.41, 5.74) is -1.03. The number of anilines is 1. The summed E-state index contributed by atoms with van der Waals surface area (Å²) < 4.78 is 62.7. The highest BCUT2D eigenvalue weighted by Crippen LogP contribution is 2.31. The lowest BCUT2D eigenvalue weighted by Crippen LogP contribution is -2.21. The number of rotatable bonds is 4. The Morgan fingerprint density at radius 2 is 1.88 bits per heavy atom. The standard InChI is InChI=1S/C15H14F3N3O3S/c1-3-25(23,24)11-6-10(15(16,17)18)8-20-13(11)14(22)21-12-5-4-9(2)7-19-12/h4-8H,3H2,1-2H3,(H,19,21,22). The number of nitrogens with zero attached hydrogens (tertiary/aromatic N) is 2. The smallest absolute Gasteiger partial charge is 0.305 e. The zero-order chi connectivity index (χ0) is 18.8. The van der Waals surface area contributed by atoms with Crippen LogP contribution in [0.2, 0.25) is 0 Å². The number of hydrogen-bond donors (Lipinski definition) is 1. The quantitative estimate of drug-likeness (QED) is 0.890. The second-order valence-corrected chi connectivity index (χ2v) is 7.39. The predicted molar refractivity (Wildman–Crippen MR) is 83.9 cm³/mol. The van der Waals surface area contributed by atoms with Gasteiger partial charge in [-0.3, -0.25) is 4.79 Å². The Balaban J connectivity index is 2.48. The summed E-state index contributed by atoms with van der Waals surface area (Å²) in [6.07, 6.45) is -2.88. The molecule has 0 radical (unpaired) electrons. The molecule has 10 heteroatoms. The summed E-state index contributed by atoms with van der Waals surface area (Å²) >= 11 is 0. The summed E-state index contributed by atoms with van der Waals surface area (Å²) in [6.45, 7) is 3.04. The third kappa shape index (κ3) is 4.32. The number of pyridine rings is 2. The summed E-state index contributed by atoms with van der Waals surface area (Å²) in [7, 11) is -4.10. The van der Waals surface area contributed by atoms with Crippen LogP contribution in [0.1, 0.15) is 28.5 Å². The van der Waals surface area contributed by atoms with E-state index in [0.29, 0.717) is 12.3 Å². The summed E-state index contributed by atoms with van der Waals surface area (Å²) in [4.78, 5) is 18.9. The Kier molecular flexibility index (Phi) is 5.12. The molecule has 0 saturated heterocycles. The first-order chi connectivity index (χ1) is 11.5. The molecule has 0 spiro atoms. The summed E-state index contributed by atoms with van der Waals surface area (Å²) in [5.74, 6) is -1.31. The van der Waals surface area contributed by atoms with Crippen LogP contribution in [0.4, 0.5) is 19.0 Å². The Hall–Kier alpha value is -2.49. The molecule has 1 amide bonds. The van der Waals surface area contributed by atoms with Gasteiger partial charge in [-0.15, -0.1) is 0 Å². The van der Waals surface area contributed by atoms with Crippen molar-refractivity contribution in [1.82, 2.24) is 9.97 Å². The zero-order valence-corrected chi connectivity index (χ0v) is 14.1. The van der Waals surface area contributed by atoms with E-state index in [0.717, 1.165) is 5.56 Å². The van der Waals surface area contributed by atoms with Gasteiger partial charge in [0.05, 0.1) is 16.2 Å². The number of nitrogens with one attached hydrogen (secondary N) is 1. The van der Waals surface area contributed by atoms with Crippen molar-refractivity contribution in [3.63, 3.8) is 0 Å². The molecule has 0 bridgehead atoms. The first kappa shape index (κ1) is 18.8. The highest BCUT2D eigenvalue weighted by molar-refractivity contribution is 7.91. The van der Waals surface area contributed by atoms with Crippen molar-refractivity contribution >= 4 is 21.6 Å². The molecular formula is C15H14F3N3O3S. The first-order valence-electron chi connectivity index (χ1n) is 7.08. The average Bonchev–Trinajstić information content (AvgIpc) is 2.55. The number of sulfone groups is 1. The molecule has 6 nitrogen and oxygen atoms in total. The number of amides is 1.